The topological polar surface area (TPSA) is 75.6 Å². The molecule has 2 fully saturated rings. The molecule has 4 heterocycles. The number of likely N-dealkylation sites (tertiary alicyclic amines) is 1. The lowest BCUT2D eigenvalue weighted by atomic mass is 10.1. The van der Waals surface area contributed by atoms with Crippen molar-refractivity contribution < 1.29 is 13.2 Å². The zero-order valence-electron chi connectivity index (χ0n) is 14.8. The van der Waals surface area contributed by atoms with Crippen LogP contribution < -0.4 is 4.74 Å². The summed E-state index contributed by atoms with van der Waals surface area (Å²) in [5.41, 5.74) is 1.83. The van der Waals surface area contributed by atoms with Crippen LogP contribution in [0.4, 0.5) is 0 Å². The Morgan fingerprint density at radius 2 is 2.15 bits per heavy atom. The van der Waals surface area contributed by atoms with Gasteiger partial charge in [-0.3, -0.25) is 4.90 Å². The summed E-state index contributed by atoms with van der Waals surface area (Å²) in [6.07, 6.45) is 1.70. The smallest absolute Gasteiger partial charge is 0.218 e. The fourth-order valence-electron chi connectivity index (χ4n) is 3.91. The summed E-state index contributed by atoms with van der Waals surface area (Å²) in [6, 6.07) is 3.86. The van der Waals surface area contributed by atoms with Crippen molar-refractivity contribution >= 4 is 21.4 Å². The van der Waals surface area contributed by atoms with Gasteiger partial charge in [0.1, 0.15) is 0 Å². The van der Waals surface area contributed by atoms with E-state index in [1.807, 2.05) is 24.4 Å². The maximum atomic E-state index is 12.9. The molecule has 4 rings (SSSR count). The van der Waals surface area contributed by atoms with E-state index in [0.29, 0.717) is 32.1 Å². The Morgan fingerprint density at radius 3 is 2.85 bits per heavy atom. The Kier molecular flexibility index (Phi) is 4.72. The highest BCUT2D eigenvalue weighted by molar-refractivity contribution is 7.90. The molecule has 0 unspecified atom stereocenters. The van der Waals surface area contributed by atoms with Crippen LogP contribution in [0.3, 0.4) is 0 Å². The van der Waals surface area contributed by atoms with Gasteiger partial charge in [0, 0.05) is 49.2 Å². The third-order valence-electron chi connectivity index (χ3n) is 5.08. The van der Waals surface area contributed by atoms with Crippen molar-refractivity contribution in [3.8, 4) is 5.88 Å². The Hall–Kier alpha value is -1.55. The molecule has 0 spiro atoms. The summed E-state index contributed by atoms with van der Waals surface area (Å²) >= 11 is 1.56. The molecule has 26 heavy (non-hydrogen) atoms. The van der Waals surface area contributed by atoms with Crippen LogP contribution in [0.1, 0.15) is 16.3 Å². The molecule has 2 aromatic heterocycles. The molecule has 0 N–H and O–H groups in total. The average Bonchev–Trinajstić information content (AvgIpc) is 3.26. The predicted molar refractivity (Wildman–Crippen MR) is 99.5 cm³/mol. The van der Waals surface area contributed by atoms with E-state index in [2.05, 4.69) is 14.9 Å². The molecule has 0 aliphatic carbocycles. The molecule has 2 saturated heterocycles. The minimum absolute atomic E-state index is 0.141. The lowest BCUT2D eigenvalue weighted by Crippen LogP contribution is -2.34. The first-order chi connectivity index (χ1) is 12.5. The van der Waals surface area contributed by atoms with E-state index in [9.17, 15) is 8.42 Å². The molecule has 0 amide bonds. The Labute approximate surface area is 157 Å². The number of methoxy groups -OCH3 is 1. The first-order valence-electron chi connectivity index (χ1n) is 8.57. The molecule has 2 aliphatic heterocycles. The van der Waals surface area contributed by atoms with Crippen molar-refractivity contribution in [3.63, 3.8) is 0 Å². The highest BCUT2D eigenvalue weighted by Crippen LogP contribution is 2.35. The summed E-state index contributed by atoms with van der Waals surface area (Å²) in [6.45, 7) is 4.88. The zero-order chi connectivity index (χ0) is 18.3. The molecule has 2 aliphatic rings. The Balaban J connectivity index is 1.45. The Bertz CT molecular complexity index is 899. The number of fused-ring (bicyclic) bond motifs is 1. The second kappa shape index (κ2) is 6.88. The van der Waals surface area contributed by atoms with Gasteiger partial charge < -0.3 is 4.74 Å². The molecule has 0 bridgehead atoms. The highest BCUT2D eigenvalue weighted by Gasteiger charge is 2.50. The first-order valence-corrected chi connectivity index (χ1v) is 11.0. The molecule has 0 saturated carbocycles. The number of aryl methyl sites for hydroxylation is 1. The van der Waals surface area contributed by atoms with E-state index in [0.717, 1.165) is 22.8 Å². The monoisotopic (exact) mass is 394 g/mol. The van der Waals surface area contributed by atoms with Gasteiger partial charge in [-0.1, -0.05) is 6.07 Å². The highest BCUT2D eigenvalue weighted by atomic mass is 32.2. The molecule has 2 atom stereocenters. The number of thiazole rings is 1. The number of aromatic nitrogens is 2. The van der Waals surface area contributed by atoms with Crippen LogP contribution in [0.25, 0.3) is 0 Å². The number of pyridine rings is 1. The van der Waals surface area contributed by atoms with Crippen molar-refractivity contribution in [2.24, 2.45) is 5.92 Å². The van der Waals surface area contributed by atoms with E-state index in [4.69, 9.17) is 4.74 Å². The normalized spacial score (nSPS) is 25.5. The van der Waals surface area contributed by atoms with E-state index >= 15 is 0 Å². The maximum absolute atomic E-state index is 12.9. The fourth-order valence-corrected chi connectivity index (χ4v) is 6.67. The molecule has 9 heteroatoms. The van der Waals surface area contributed by atoms with E-state index < -0.39 is 10.0 Å². The second-order valence-corrected chi connectivity index (χ2v) is 10.1. The van der Waals surface area contributed by atoms with Crippen LogP contribution >= 0.6 is 11.3 Å². The van der Waals surface area contributed by atoms with Gasteiger partial charge >= 0.3 is 0 Å². The van der Waals surface area contributed by atoms with Gasteiger partial charge in [0.2, 0.25) is 15.9 Å². The minimum Gasteiger partial charge on any atom is -0.481 e. The van der Waals surface area contributed by atoms with Gasteiger partial charge in [0.15, 0.2) is 0 Å². The third-order valence-corrected chi connectivity index (χ3v) is 8.20. The Morgan fingerprint density at radius 1 is 1.31 bits per heavy atom. The van der Waals surface area contributed by atoms with Crippen LogP contribution in [0.2, 0.25) is 0 Å². The van der Waals surface area contributed by atoms with E-state index in [1.54, 1.807) is 28.9 Å². The summed E-state index contributed by atoms with van der Waals surface area (Å²) < 4.78 is 32.8. The summed E-state index contributed by atoms with van der Waals surface area (Å²) in [4.78, 5) is 10.8. The van der Waals surface area contributed by atoms with Crippen molar-refractivity contribution in [1.82, 2.24) is 19.2 Å². The summed E-state index contributed by atoms with van der Waals surface area (Å²) in [7, 11) is -1.68. The average molecular weight is 395 g/mol. The van der Waals surface area contributed by atoms with Gasteiger partial charge in [-0.25, -0.2) is 18.4 Å². The maximum Gasteiger partial charge on any atom is 0.218 e. The molecule has 2 aromatic rings. The number of hydrogen-bond acceptors (Lipinski definition) is 7. The second-order valence-electron chi connectivity index (χ2n) is 6.86. The van der Waals surface area contributed by atoms with E-state index in [-0.39, 0.29) is 11.2 Å². The minimum atomic E-state index is -3.29. The standard InChI is InChI=1S/C17H22N4O3S2/c1-12-19-15(11-25-12)9-21-8-14-7-20(10-16(14)26(21,22)23)6-13-4-3-5-18-17(13)24-2/h3-5,11,14,16H,6-10H2,1-2H3/t14-,16+/m1/s1. The number of ether oxygens (including phenoxy) is 1. The number of sulfonamides is 1. The number of hydrogen-bond donors (Lipinski definition) is 0. The van der Waals surface area contributed by atoms with Crippen LogP contribution in [0, 0.1) is 12.8 Å². The third kappa shape index (κ3) is 3.24. The fraction of sp³-hybridized carbons (Fsp3) is 0.529. The van der Waals surface area contributed by atoms with Gasteiger partial charge in [-0.2, -0.15) is 4.31 Å². The first kappa shape index (κ1) is 17.8. The van der Waals surface area contributed by atoms with Gasteiger partial charge in [0.05, 0.1) is 29.6 Å². The SMILES string of the molecule is COc1ncccc1CN1C[C@@H]2CN(Cc3csc(C)n3)S(=O)(=O)[C@H]2C1. The summed E-state index contributed by atoms with van der Waals surface area (Å²) in [5.74, 6) is 0.746. The predicted octanol–water partition coefficient (Wildman–Crippen LogP) is 1.50. The van der Waals surface area contributed by atoms with Crippen LogP contribution in [0.5, 0.6) is 5.88 Å². The molecule has 140 valence electrons. The van der Waals surface area contributed by atoms with Crippen LogP contribution in [0.15, 0.2) is 23.7 Å². The van der Waals surface area contributed by atoms with Crippen LogP contribution in [-0.4, -0.2) is 59.6 Å². The summed E-state index contributed by atoms with van der Waals surface area (Å²) in [5, 5.41) is 2.58. The lowest BCUT2D eigenvalue weighted by molar-refractivity contribution is 0.287. The van der Waals surface area contributed by atoms with Gasteiger partial charge in [-0.05, 0) is 13.0 Å². The van der Waals surface area contributed by atoms with Crippen molar-refractivity contribution in [3.05, 3.63) is 40.0 Å². The molecule has 7 nitrogen and oxygen atoms in total. The quantitative estimate of drug-likeness (QED) is 0.765. The largest absolute Gasteiger partial charge is 0.481 e. The van der Waals surface area contributed by atoms with Crippen molar-refractivity contribution in [2.45, 2.75) is 25.3 Å². The molecule has 0 aromatic carbocycles. The van der Waals surface area contributed by atoms with E-state index in [1.165, 1.54) is 0 Å². The van der Waals surface area contributed by atoms with Gasteiger partial charge in [-0.15, -0.1) is 11.3 Å². The van der Waals surface area contributed by atoms with Crippen molar-refractivity contribution in [2.75, 3.05) is 26.7 Å². The molecular formula is C17H22N4O3S2. The van der Waals surface area contributed by atoms with Crippen molar-refractivity contribution in [1.29, 1.82) is 0 Å². The van der Waals surface area contributed by atoms with Crippen LogP contribution in [-0.2, 0) is 23.1 Å². The zero-order valence-corrected chi connectivity index (χ0v) is 16.5. The number of nitrogens with zero attached hydrogens (tertiary/aromatic N) is 4. The number of rotatable bonds is 5. The lowest BCUT2D eigenvalue weighted by Gasteiger charge is -2.21. The van der Waals surface area contributed by atoms with Gasteiger partial charge in [0.25, 0.3) is 0 Å². The molecular weight excluding hydrogens is 372 g/mol. The molecule has 0 radical (unpaired) electrons.